The number of amides is 2. The summed E-state index contributed by atoms with van der Waals surface area (Å²) >= 11 is 0. The number of nitrogens with zero attached hydrogens (tertiary/aromatic N) is 2. The molecule has 2 amide bonds. The third-order valence-corrected chi connectivity index (χ3v) is 13.7. The van der Waals surface area contributed by atoms with Crippen LogP contribution in [0.3, 0.4) is 0 Å². The molecule has 0 radical (unpaired) electrons. The van der Waals surface area contributed by atoms with Gasteiger partial charge in [-0.3, -0.25) is 19.2 Å². The van der Waals surface area contributed by atoms with Crippen LogP contribution in [-0.2, 0) is 51.1 Å². The number of hydrogen-bond donors (Lipinski definition) is 2. The lowest BCUT2D eigenvalue weighted by Gasteiger charge is -2.50. The van der Waals surface area contributed by atoms with Crippen LogP contribution in [0.1, 0.15) is 108 Å². The van der Waals surface area contributed by atoms with Crippen LogP contribution in [-0.4, -0.2) is 108 Å². The molecule has 2 aromatic rings. The number of benzene rings is 2. The van der Waals surface area contributed by atoms with Crippen LogP contribution in [0.25, 0.3) is 6.08 Å². The van der Waals surface area contributed by atoms with Crippen molar-refractivity contribution in [2.45, 2.75) is 158 Å². The highest BCUT2D eigenvalue weighted by atomic mass is 16.8. The molecule has 320 valence electrons. The van der Waals surface area contributed by atoms with Crippen LogP contribution in [0.4, 0.5) is 0 Å². The van der Waals surface area contributed by atoms with Gasteiger partial charge in [0.15, 0.2) is 11.8 Å². The molecule has 2 N–H and O–H groups in total. The second-order valence-electron chi connectivity index (χ2n) is 17.7. The van der Waals surface area contributed by atoms with E-state index in [0.29, 0.717) is 31.0 Å². The number of aliphatic hydroxyl groups excluding tert-OH is 1. The fourth-order valence-corrected chi connectivity index (χ4v) is 10.5. The molecule has 3 unspecified atom stereocenters. The first kappa shape index (κ1) is 42.1. The summed E-state index contributed by atoms with van der Waals surface area (Å²) in [5.74, 6) is -1.68. The van der Waals surface area contributed by atoms with Crippen molar-refractivity contribution in [2.75, 3.05) is 20.2 Å². The van der Waals surface area contributed by atoms with E-state index in [1.165, 1.54) is 4.90 Å². The quantitative estimate of drug-likeness (QED) is 0.100. The number of ether oxygens (including phenoxy) is 4. The maximum Gasteiger partial charge on any atom is 0.327 e. The molecule has 2 aromatic carbocycles. The van der Waals surface area contributed by atoms with Gasteiger partial charge in [0.2, 0.25) is 11.8 Å². The van der Waals surface area contributed by atoms with Crippen molar-refractivity contribution >= 4 is 23.9 Å². The largest absolute Gasteiger partial charge is 0.458 e. The molecule has 6 fully saturated rings. The van der Waals surface area contributed by atoms with Gasteiger partial charge in [-0.05, 0) is 54.7 Å². The Labute approximate surface area is 348 Å². The van der Waals surface area contributed by atoms with Crippen molar-refractivity contribution in [3.05, 3.63) is 77.4 Å². The number of nitrogens with one attached hydrogen (secondary N) is 1. The monoisotopic (exact) mass is 813 g/mol. The molecule has 2 bridgehead atoms. The maximum atomic E-state index is 15.6. The molecular weight excluding hydrogens is 751 g/mol. The number of allylic oxidation sites excluding steroid dienone is 1. The lowest BCUT2D eigenvalue weighted by molar-refractivity contribution is -0.225. The number of hydrogen-bond acceptors (Lipinski definition) is 10. The minimum atomic E-state index is -1.43. The van der Waals surface area contributed by atoms with Crippen molar-refractivity contribution in [1.82, 2.24) is 15.3 Å². The summed E-state index contributed by atoms with van der Waals surface area (Å²) in [7, 11) is 1.63. The number of rotatable bonds is 19. The zero-order chi connectivity index (χ0) is 41.1. The van der Waals surface area contributed by atoms with Gasteiger partial charge in [0.1, 0.15) is 35.9 Å². The lowest BCUT2D eigenvalue weighted by atomic mass is 9.62. The lowest BCUT2D eigenvalue weighted by Crippen LogP contribution is -2.70. The molecule has 12 heteroatoms. The van der Waals surface area contributed by atoms with E-state index in [1.807, 2.05) is 42.5 Å². The van der Waals surface area contributed by atoms with E-state index in [4.69, 9.17) is 23.8 Å². The standard InChI is InChI=1S/C47H63N3O9/c1-4-6-11-23-46(24-12-7-5-2)57-39-38-29-47(45(54)49(3)35(43(52)48-25-26-51)27-32-13-9-8-10-14-32)41(44(53)56-38)50(59-42(47)40(39)58-46)30-34-19-16-31(17-20-34)15-18-33-21-22-36-37(28-33)55-36/h8-10,13-20,33,35-42,51H,4-7,11-12,21-30H2,1-3H3,(H,48,52)/t33?,35-,36?,37?,38-,39+,40+,41+,42-,47+/m1/s1. The molecule has 4 aliphatic heterocycles. The van der Waals surface area contributed by atoms with Crippen LogP contribution < -0.4 is 5.32 Å². The minimum absolute atomic E-state index is 0.0475. The first-order chi connectivity index (χ1) is 28.7. The molecule has 6 aliphatic rings. The Hall–Kier alpha value is -3.65. The van der Waals surface area contributed by atoms with Gasteiger partial charge < -0.3 is 34.3 Å². The highest BCUT2D eigenvalue weighted by Crippen LogP contribution is 2.58. The molecule has 4 saturated heterocycles. The van der Waals surface area contributed by atoms with E-state index in [-0.39, 0.29) is 38.4 Å². The van der Waals surface area contributed by atoms with Crippen LogP contribution in [0, 0.1) is 11.3 Å². The predicted molar refractivity (Wildman–Crippen MR) is 220 cm³/mol. The van der Waals surface area contributed by atoms with Crippen LogP contribution in [0.15, 0.2) is 60.7 Å². The van der Waals surface area contributed by atoms with E-state index in [9.17, 15) is 14.7 Å². The normalized spacial score (nSPS) is 32.0. The zero-order valence-corrected chi connectivity index (χ0v) is 35.0. The summed E-state index contributed by atoms with van der Waals surface area (Å²) in [6.07, 6.45) is 13.6. The highest BCUT2D eigenvalue weighted by molar-refractivity contribution is 5.96. The van der Waals surface area contributed by atoms with Crippen molar-refractivity contribution in [3.63, 3.8) is 0 Å². The molecule has 4 heterocycles. The molecule has 0 spiro atoms. The summed E-state index contributed by atoms with van der Waals surface area (Å²) in [6.45, 7) is 4.38. The second kappa shape index (κ2) is 18.1. The van der Waals surface area contributed by atoms with E-state index in [1.54, 1.807) is 12.1 Å². The summed E-state index contributed by atoms with van der Waals surface area (Å²) in [5.41, 5.74) is 1.44. The van der Waals surface area contributed by atoms with E-state index >= 15 is 4.79 Å². The van der Waals surface area contributed by atoms with E-state index in [0.717, 1.165) is 74.5 Å². The van der Waals surface area contributed by atoms with Crippen LogP contribution >= 0.6 is 0 Å². The Morgan fingerprint density at radius 3 is 2.36 bits per heavy atom. The SMILES string of the molecule is CCCCCC1(CCCCC)O[C@@H]2[C@H](O1)[C@H]1ON(Cc3ccc(C=CC4CCC5OC5C4)cc3)[C@H]3C(=O)O[C@@H]2C[C@@]13C(=O)N(C)[C@H](Cc1ccccc1)C(=O)NCCO. The zero-order valence-electron chi connectivity index (χ0n) is 35.0. The Morgan fingerprint density at radius 1 is 0.932 bits per heavy atom. The smallest absolute Gasteiger partial charge is 0.327 e. The number of esters is 1. The second-order valence-corrected chi connectivity index (χ2v) is 17.7. The molecule has 59 heavy (non-hydrogen) atoms. The van der Waals surface area contributed by atoms with Crippen molar-refractivity contribution in [1.29, 1.82) is 0 Å². The maximum absolute atomic E-state index is 15.6. The van der Waals surface area contributed by atoms with Gasteiger partial charge >= 0.3 is 5.97 Å². The Kier molecular flexibility index (Phi) is 12.9. The summed E-state index contributed by atoms with van der Waals surface area (Å²) in [5, 5.41) is 14.0. The number of carbonyl (C=O) groups is 3. The summed E-state index contributed by atoms with van der Waals surface area (Å²) in [6, 6.07) is 15.7. The Morgan fingerprint density at radius 2 is 1.66 bits per heavy atom. The fourth-order valence-electron chi connectivity index (χ4n) is 10.5. The van der Waals surface area contributed by atoms with Crippen LogP contribution in [0.5, 0.6) is 0 Å². The van der Waals surface area contributed by atoms with Gasteiger partial charge in [-0.2, -0.15) is 5.06 Å². The number of likely N-dealkylation sites (N-methyl/N-ethyl adjacent to an activating group) is 1. The molecule has 8 rings (SSSR count). The molecule has 12 nitrogen and oxygen atoms in total. The molecule has 2 aliphatic carbocycles. The number of epoxide rings is 1. The van der Waals surface area contributed by atoms with Gasteiger partial charge in [-0.1, -0.05) is 106 Å². The number of fused-ring (bicyclic) bond motifs is 5. The van der Waals surface area contributed by atoms with E-state index in [2.05, 4.69) is 43.4 Å². The van der Waals surface area contributed by atoms with Crippen molar-refractivity contribution < 1.29 is 43.3 Å². The summed E-state index contributed by atoms with van der Waals surface area (Å²) < 4.78 is 26.0. The van der Waals surface area contributed by atoms with Crippen molar-refractivity contribution in [3.8, 4) is 0 Å². The third-order valence-electron chi connectivity index (χ3n) is 13.7. The molecule has 2 saturated carbocycles. The topological polar surface area (TPSA) is 139 Å². The number of carbonyl (C=O) groups excluding carboxylic acids is 3. The Bertz CT molecular complexity index is 1800. The first-order valence-electron chi connectivity index (χ1n) is 22.3. The highest BCUT2D eigenvalue weighted by Gasteiger charge is 2.76. The first-order valence-corrected chi connectivity index (χ1v) is 22.3. The van der Waals surface area contributed by atoms with Gasteiger partial charge in [-0.15, -0.1) is 0 Å². The summed E-state index contributed by atoms with van der Waals surface area (Å²) in [4.78, 5) is 52.3. The number of hydroxylamine groups is 2. The van der Waals surface area contributed by atoms with Crippen LogP contribution in [0.2, 0.25) is 0 Å². The number of aliphatic hydroxyl groups is 1. The average Bonchev–Trinajstić information content (AvgIpc) is 3.80. The van der Waals surface area contributed by atoms with Gasteiger partial charge in [-0.25, -0.2) is 0 Å². The molecule has 0 aromatic heterocycles. The molecule has 10 atom stereocenters. The van der Waals surface area contributed by atoms with Crippen molar-refractivity contribution in [2.24, 2.45) is 11.3 Å². The van der Waals surface area contributed by atoms with Gasteiger partial charge in [0, 0.05) is 39.3 Å². The number of unbranched alkanes of at least 4 members (excludes halogenated alkanes) is 4. The van der Waals surface area contributed by atoms with Gasteiger partial charge in [0.05, 0.1) is 25.4 Å². The van der Waals surface area contributed by atoms with E-state index < -0.39 is 59.6 Å². The predicted octanol–water partition coefficient (Wildman–Crippen LogP) is 5.89. The fraction of sp³-hybridized carbons (Fsp3) is 0.638. The minimum Gasteiger partial charge on any atom is -0.458 e. The Balaban J connectivity index is 1.11. The average molecular weight is 814 g/mol. The third kappa shape index (κ3) is 8.63. The van der Waals surface area contributed by atoms with Gasteiger partial charge in [0.25, 0.3) is 0 Å². The molecular formula is C47H63N3O9.